The molecule has 0 atom stereocenters. The summed E-state index contributed by atoms with van der Waals surface area (Å²) in [5.41, 5.74) is -0.213. The van der Waals surface area contributed by atoms with Crippen molar-refractivity contribution in [3.63, 3.8) is 0 Å². The fraction of sp³-hybridized carbons (Fsp3) is 0.0667. The van der Waals surface area contributed by atoms with E-state index >= 15 is 0 Å². The topological polar surface area (TPSA) is 112 Å². The Labute approximate surface area is 130 Å². The minimum atomic E-state index is -0.737. The maximum atomic E-state index is 11.7. The molecule has 2 rings (SSSR count). The van der Waals surface area contributed by atoms with Crippen molar-refractivity contribution >= 4 is 29.3 Å². The van der Waals surface area contributed by atoms with E-state index in [4.69, 9.17) is 9.15 Å². The van der Waals surface area contributed by atoms with E-state index in [1.54, 1.807) is 18.2 Å². The van der Waals surface area contributed by atoms with Crippen LogP contribution in [0.5, 0.6) is 0 Å². The molecule has 0 radical (unpaired) electrons. The number of furan rings is 1. The Morgan fingerprint density at radius 2 is 2.04 bits per heavy atom. The van der Waals surface area contributed by atoms with Gasteiger partial charge in [0.1, 0.15) is 11.4 Å². The number of amides is 1. The molecular weight excluding hydrogens is 304 g/mol. The van der Waals surface area contributed by atoms with Gasteiger partial charge in [-0.15, -0.1) is 0 Å². The highest BCUT2D eigenvalue weighted by atomic mass is 16.6. The Balaban J connectivity index is 1.86. The Bertz CT molecular complexity index is 736. The number of para-hydroxylation sites is 2. The van der Waals surface area contributed by atoms with Gasteiger partial charge < -0.3 is 14.5 Å². The van der Waals surface area contributed by atoms with Gasteiger partial charge in [0.15, 0.2) is 6.61 Å². The van der Waals surface area contributed by atoms with Crippen LogP contribution < -0.4 is 5.32 Å². The van der Waals surface area contributed by atoms with Crippen LogP contribution in [0.3, 0.4) is 0 Å². The third kappa shape index (κ3) is 4.81. The number of nitrogens with zero attached hydrogens (tertiary/aromatic N) is 1. The molecule has 2 aromatic rings. The first kappa shape index (κ1) is 16.0. The highest BCUT2D eigenvalue weighted by Gasteiger charge is 2.15. The standard InChI is InChI=1S/C15H12N2O6/c18-14(16-12-5-1-2-6-13(12)17(20)21)10-23-15(19)8-7-11-4-3-9-22-11/h1-9H,10H2,(H,16,18)/b8-7+. The highest BCUT2D eigenvalue weighted by molar-refractivity contribution is 5.96. The van der Waals surface area contributed by atoms with Crippen LogP contribution in [-0.2, 0) is 14.3 Å². The third-order valence-corrected chi connectivity index (χ3v) is 2.65. The predicted molar refractivity (Wildman–Crippen MR) is 80.4 cm³/mol. The van der Waals surface area contributed by atoms with Crippen molar-refractivity contribution in [1.82, 2.24) is 0 Å². The number of carbonyl (C=O) groups excluding carboxylic acids is 2. The van der Waals surface area contributed by atoms with Gasteiger partial charge in [0.05, 0.1) is 11.2 Å². The Morgan fingerprint density at radius 3 is 2.74 bits per heavy atom. The quantitative estimate of drug-likeness (QED) is 0.379. The van der Waals surface area contributed by atoms with Crippen molar-refractivity contribution in [1.29, 1.82) is 0 Å². The first-order valence-corrected chi connectivity index (χ1v) is 6.48. The van der Waals surface area contributed by atoms with Crippen LogP contribution in [0.1, 0.15) is 5.76 Å². The van der Waals surface area contributed by atoms with Gasteiger partial charge in [-0.05, 0) is 24.3 Å². The molecule has 0 aliphatic rings. The molecule has 0 spiro atoms. The fourth-order valence-corrected chi connectivity index (χ4v) is 1.65. The molecule has 23 heavy (non-hydrogen) atoms. The van der Waals surface area contributed by atoms with Crippen LogP contribution in [0, 0.1) is 10.1 Å². The largest absolute Gasteiger partial charge is 0.465 e. The van der Waals surface area contributed by atoms with Gasteiger partial charge in [0.2, 0.25) is 0 Å². The maximum absolute atomic E-state index is 11.7. The number of rotatable bonds is 6. The molecule has 1 aromatic carbocycles. The Morgan fingerprint density at radius 1 is 1.26 bits per heavy atom. The monoisotopic (exact) mass is 316 g/mol. The van der Waals surface area contributed by atoms with Gasteiger partial charge in [0, 0.05) is 12.1 Å². The number of nitro groups is 1. The van der Waals surface area contributed by atoms with Crippen molar-refractivity contribution in [2.45, 2.75) is 0 Å². The number of esters is 1. The van der Waals surface area contributed by atoms with Crippen LogP contribution in [-0.4, -0.2) is 23.4 Å². The highest BCUT2D eigenvalue weighted by Crippen LogP contribution is 2.22. The summed E-state index contributed by atoms with van der Waals surface area (Å²) < 4.78 is 9.71. The molecule has 0 saturated heterocycles. The summed E-state index contributed by atoms with van der Waals surface area (Å²) in [4.78, 5) is 33.3. The van der Waals surface area contributed by atoms with Crippen LogP contribution in [0.2, 0.25) is 0 Å². The normalized spacial score (nSPS) is 10.4. The van der Waals surface area contributed by atoms with Gasteiger partial charge in [-0.25, -0.2) is 4.79 Å². The second kappa shape index (κ2) is 7.55. The van der Waals surface area contributed by atoms with Gasteiger partial charge in [-0.2, -0.15) is 0 Å². The SMILES string of the molecule is O=C(COC(=O)/C=C/c1ccco1)Nc1ccccc1[N+](=O)[O-]. The first-order chi connectivity index (χ1) is 11.1. The van der Waals surface area contributed by atoms with E-state index in [1.165, 1.54) is 30.5 Å². The molecular formula is C15H12N2O6. The lowest BCUT2D eigenvalue weighted by molar-refractivity contribution is -0.383. The molecule has 1 amide bonds. The predicted octanol–water partition coefficient (Wildman–Crippen LogP) is 2.38. The fourth-order valence-electron chi connectivity index (χ4n) is 1.65. The van der Waals surface area contributed by atoms with Crippen LogP contribution in [0.4, 0.5) is 11.4 Å². The van der Waals surface area contributed by atoms with E-state index in [9.17, 15) is 19.7 Å². The Kier molecular flexibility index (Phi) is 5.24. The summed E-state index contributed by atoms with van der Waals surface area (Å²) in [5, 5.41) is 13.1. The molecule has 0 saturated carbocycles. The number of carbonyl (C=O) groups is 2. The Hall–Kier alpha value is -3.42. The molecule has 1 aromatic heterocycles. The van der Waals surface area contributed by atoms with E-state index in [0.29, 0.717) is 5.76 Å². The summed E-state index contributed by atoms with van der Waals surface area (Å²) in [7, 11) is 0. The average molecular weight is 316 g/mol. The van der Waals surface area contributed by atoms with Crippen LogP contribution in [0.15, 0.2) is 53.2 Å². The minimum absolute atomic E-state index is 0.0321. The lowest BCUT2D eigenvalue weighted by atomic mass is 10.2. The van der Waals surface area contributed by atoms with E-state index in [1.807, 2.05) is 0 Å². The molecule has 8 heteroatoms. The second-order valence-corrected chi connectivity index (χ2v) is 4.28. The number of hydrogen-bond donors (Lipinski definition) is 1. The summed E-state index contributed by atoms with van der Waals surface area (Å²) in [6.07, 6.45) is 3.95. The summed E-state index contributed by atoms with van der Waals surface area (Å²) >= 11 is 0. The third-order valence-electron chi connectivity index (χ3n) is 2.65. The van der Waals surface area contributed by atoms with Crippen molar-refractivity contribution in [2.75, 3.05) is 11.9 Å². The summed E-state index contributed by atoms with van der Waals surface area (Å²) in [5.74, 6) is -0.954. The lowest BCUT2D eigenvalue weighted by Gasteiger charge is -2.05. The number of nitro benzene ring substituents is 1. The number of anilines is 1. The summed E-state index contributed by atoms with van der Waals surface area (Å²) in [6, 6.07) is 8.96. The number of hydrogen-bond acceptors (Lipinski definition) is 6. The lowest BCUT2D eigenvalue weighted by Crippen LogP contribution is -2.20. The van der Waals surface area contributed by atoms with Crippen molar-refractivity contribution in [2.24, 2.45) is 0 Å². The minimum Gasteiger partial charge on any atom is -0.465 e. The molecule has 118 valence electrons. The molecule has 0 unspecified atom stereocenters. The molecule has 1 heterocycles. The van der Waals surface area contributed by atoms with Crippen LogP contribution >= 0.6 is 0 Å². The molecule has 0 aliphatic carbocycles. The maximum Gasteiger partial charge on any atom is 0.331 e. The zero-order chi connectivity index (χ0) is 16.7. The average Bonchev–Trinajstić information content (AvgIpc) is 3.04. The smallest absolute Gasteiger partial charge is 0.331 e. The number of benzene rings is 1. The summed E-state index contributed by atoms with van der Waals surface area (Å²) in [6.45, 7) is -0.562. The first-order valence-electron chi connectivity index (χ1n) is 6.48. The number of nitrogens with one attached hydrogen (secondary N) is 1. The van der Waals surface area contributed by atoms with E-state index < -0.39 is 23.4 Å². The zero-order valence-electron chi connectivity index (χ0n) is 11.8. The van der Waals surface area contributed by atoms with Gasteiger partial charge in [-0.1, -0.05) is 12.1 Å². The van der Waals surface area contributed by atoms with Gasteiger partial charge in [-0.3, -0.25) is 14.9 Å². The molecule has 1 N–H and O–H groups in total. The van der Waals surface area contributed by atoms with Crippen molar-refractivity contribution in [3.8, 4) is 0 Å². The molecule has 0 aliphatic heterocycles. The molecule has 0 bridgehead atoms. The van der Waals surface area contributed by atoms with E-state index in [-0.39, 0.29) is 11.4 Å². The van der Waals surface area contributed by atoms with Crippen molar-refractivity contribution in [3.05, 3.63) is 64.6 Å². The molecule has 8 nitrogen and oxygen atoms in total. The van der Waals surface area contributed by atoms with E-state index in [2.05, 4.69) is 5.32 Å². The van der Waals surface area contributed by atoms with Crippen LogP contribution in [0.25, 0.3) is 6.08 Å². The second-order valence-electron chi connectivity index (χ2n) is 4.28. The molecule has 0 fully saturated rings. The van der Waals surface area contributed by atoms with Gasteiger partial charge >= 0.3 is 5.97 Å². The van der Waals surface area contributed by atoms with Crippen molar-refractivity contribution < 1.29 is 23.7 Å². The van der Waals surface area contributed by atoms with E-state index in [0.717, 1.165) is 6.08 Å². The van der Waals surface area contributed by atoms with Gasteiger partial charge in [0.25, 0.3) is 11.6 Å². The number of ether oxygens (including phenoxy) is 1. The zero-order valence-corrected chi connectivity index (χ0v) is 11.8.